The van der Waals surface area contributed by atoms with E-state index in [2.05, 4.69) is 14.9 Å². The lowest BCUT2D eigenvalue weighted by Gasteiger charge is -2.16. The summed E-state index contributed by atoms with van der Waals surface area (Å²) in [5, 5.41) is 3.09. The Morgan fingerprint density at radius 1 is 1.07 bits per heavy atom. The molecule has 6 nitrogen and oxygen atoms in total. The maximum Gasteiger partial charge on any atom is 0.262 e. The summed E-state index contributed by atoms with van der Waals surface area (Å²) in [6.07, 6.45) is 3.49. The third-order valence-corrected chi connectivity index (χ3v) is 7.15. The summed E-state index contributed by atoms with van der Waals surface area (Å²) < 4.78 is 28.3. The predicted octanol–water partition coefficient (Wildman–Crippen LogP) is 3.07. The second kappa shape index (κ2) is 7.80. The first-order valence-electron chi connectivity index (χ1n) is 10.1. The average Bonchev–Trinajstić information content (AvgIpc) is 3.43. The molecule has 1 saturated carbocycles. The van der Waals surface area contributed by atoms with Crippen LogP contribution in [0.1, 0.15) is 40.7 Å². The van der Waals surface area contributed by atoms with E-state index in [1.807, 2.05) is 13.0 Å². The lowest BCUT2D eigenvalue weighted by atomic mass is 10.1. The maximum absolute atomic E-state index is 12.8. The standard InChI is InChI=1S/C22H27N3O3S/c1-15-6-7-16(2)21(12-15)29(27,28)24-18-5-3-4-17(13-18)22(26)23-19-10-11-25(14-19)20-8-9-20/h3-7,12-13,19-20,24H,8-11,14H2,1-2H3,(H,23,26). The van der Waals surface area contributed by atoms with E-state index in [0.717, 1.165) is 25.1 Å². The molecular weight excluding hydrogens is 386 g/mol. The van der Waals surface area contributed by atoms with Gasteiger partial charge in [-0.2, -0.15) is 0 Å². The topological polar surface area (TPSA) is 78.5 Å². The van der Waals surface area contributed by atoms with Gasteiger partial charge in [0.15, 0.2) is 0 Å². The summed E-state index contributed by atoms with van der Waals surface area (Å²) in [6, 6.07) is 12.8. The number of carbonyl (C=O) groups is 1. The van der Waals surface area contributed by atoms with Crippen molar-refractivity contribution in [3.63, 3.8) is 0 Å². The highest BCUT2D eigenvalue weighted by molar-refractivity contribution is 7.92. The van der Waals surface area contributed by atoms with Crippen LogP contribution in [-0.4, -0.2) is 44.4 Å². The Hall–Kier alpha value is -2.38. The number of nitrogens with one attached hydrogen (secondary N) is 2. The number of hydrogen-bond acceptors (Lipinski definition) is 4. The van der Waals surface area contributed by atoms with Gasteiger partial charge in [-0.1, -0.05) is 18.2 Å². The molecule has 29 heavy (non-hydrogen) atoms. The molecule has 1 heterocycles. The van der Waals surface area contributed by atoms with Crippen LogP contribution in [0.2, 0.25) is 0 Å². The van der Waals surface area contributed by atoms with Gasteiger partial charge in [0.25, 0.3) is 15.9 Å². The van der Waals surface area contributed by atoms with Crippen molar-refractivity contribution in [1.82, 2.24) is 10.2 Å². The zero-order chi connectivity index (χ0) is 20.6. The molecule has 1 aliphatic heterocycles. The minimum absolute atomic E-state index is 0.151. The first kappa shape index (κ1) is 19.9. The van der Waals surface area contributed by atoms with Crippen molar-refractivity contribution in [3.8, 4) is 0 Å². The number of hydrogen-bond donors (Lipinski definition) is 2. The van der Waals surface area contributed by atoms with Crippen molar-refractivity contribution in [3.05, 3.63) is 59.2 Å². The van der Waals surface area contributed by atoms with E-state index in [4.69, 9.17) is 0 Å². The molecule has 0 spiro atoms. The smallest absolute Gasteiger partial charge is 0.262 e. The number of amides is 1. The molecule has 0 aromatic heterocycles. The lowest BCUT2D eigenvalue weighted by Crippen LogP contribution is -2.37. The third kappa shape index (κ3) is 4.62. The number of rotatable bonds is 6. The van der Waals surface area contributed by atoms with Crippen LogP contribution in [0.5, 0.6) is 0 Å². The molecule has 2 fully saturated rings. The number of nitrogens with zero attached hydrogens (tertiary/aromatic N) is 1. The van der Waals surface area contributed by atoms with Gasteiger partial charge in [0.1, 0.15) is 0 Å². The molecule has 0 radical (unpaired) electrons. The fourth-order valence-corrected chi connectivity index (χ4v) is 5.26. The van der Waals surface area contributed by atoms with Gasteiger partial charge >= 0.3 is 0 Å². The summed E-state index contributed by atoms with van der Waals surface area (Å²) in [6.45, 7) is 5.56. The Bertz CT molecular complexity index is 1030. The van der Waals surface area contributed by atoms with Crippen molar-refractivity contribution in [2.75, 3.05) is 17.8 Å². The van der Waals surface area contributed by atoms with Crippen LogP contribution in [0, 0.1) is 13.8 Å². The van der Waals surface area contributed by atoms with Crippen LogP contribution in [0.15, 0.2) is 47.4 Å². The second-order valence-electron chi connectivity index (χ2n) is 8.14. The quantitative estimate of drug-likeness (QED) is 0.763. The second-order valence-corrected chi connectivity index (χ2v) is 9.79. The zero-order valence-electron chi connectivity index (χ0n) is 16.8. The van der Waals surface area contributed by atoms with Crippen molar-refractivity contribution in [2.24, 2.45) is 0 Å². The summed E-state index contributed by atoms with van der Waals surface area (Å²) in [7, 11) is -3.73. The summed E-state index contributed by atoms with van der Waals surface area (Å²) >= 11 is 0. The summed E-state index contributed by atoms with van der Waals surface area (Å²) in [5.41, 5.74) is 2.39. The number of anilines is 1. The normalized spacial score (nSPS) is 19.9. The van der Waals surface area contributed by atoms with Gasteiger partial charge in [0.2, 0.25) is 0 Å². The van der Waals surface area contributed by atoms with Gasteiger partial charge in [-0.05, 0) is 68.5 Å². The number of aryl methyl sites for hydroxylation is 2. The average molecular weight is 414 g/mol. The molecule has 2 aliphatic rings. The Morgan fingerprint density at radius 2 is 1.86 bits per heavy atom. The molecular formula is C22H27N3O3S. The molecule has 0 bridgehead atoms. The van der Waals surface area contributed by atoms with E-state index in [0.29, 0.717) is 22.9 Å². The fourth-order valence-electron chi connectivity index (χ4n) is 3.88. The van der Waals surface area contributed by atoms with E-state index >= 15 is 0 Å². The molecule has 1 atom stereocenters. The monoisotopic (exact) mass is 413 g/mol. The van der Waals surface area contributed by atoms with Gasteiger partial charge in [-0.25, -0.2) is 8.42 Å². The highest BCUT2D eigenvalue weighted by Gasteiger charge is 2.34. The van der Waals surface area contributed by atoms with E-state index in [9.17, 15) is 13.2 Å². The number of benzene rings is 2. The van der Waals surface area contributed by atoms with E-state index < -0.39 is 10.0 Å². The molecule has 1 amide bonds. The van der Waals surface area contributed by atoms with E-state index in [1.165, 1.54) is 12.8 Å². The van der Waals surface area contributed by atoms with Gasteiger partial charge in [0, 0.05) is 36.4 Å². The number of sulfonamides is 1. The maximum atomic E-state index is 12.8. The Balaban J connectivity index is 1.45. The zero-order valence-corrected chi connectivity index (χ0v) is 17.6. The lowest BCUT2D eigenvalue weighted by molar-refractivity contribution is 0.0937. The van der Waals surface area contributed by atoms with Crippen molar-refractivity contribution >= 4 is 21.6 Å². The highest BCUT2D eigenvalue weighted by atomic mass is 32.2. The minimum Gasteiger partial charge on any atom is -0.348 e. The molecule has 2 aromatic rings. The third-order valence-electron chi connectivity index (χ3n) is 5.63. The molecule has 4 rings (SSSR count). The van der Waals surface area contributed by atoms with Crippen LogP contribution < -0.4 is 10.0 Å². The summed E-state index contributed by atoms with van der Waals surface area (Å²) in [5.74, 6) is -0.166. The first-order valence-corrected chi connectivity index (χ1v) is 11.6. The Kier molecular flexibility index (Phi) is 5.36. The first-order chi connectivity index (χ1) is 13.8. The van der Waals surface area contributed by atoms with E-state index in [1.54, 1.807) is 43.3 Å². The molecule has 1 saturated heterocycles. The predicted molar refractivity (Wildman–Crippen MR) is 114 cm³/mol. The molecule has 1 aliphatic carbocycles. The van der Waals surface area contributed by atoms with Crippen LogP contribution >= 0.6 is 0 Å². The minimum atomic E-state index is -3.73. The number of carbonyl (C=O) groups excluding carboxylic acids is 1. The largest absolute Gasteiger partial charge is 0.348 e. The van der Waals surface area contributed by atoms with Crippen LogP contribution in [0.25, 0.3) is 0 Å². The van der Waals surface area contributed by atoms with Crippen LogP contribution in [0.3, 0.4) is 0 Å². The van der Waals surface area contributed by atoms with Crippen molar-refractivity contribution in [1.29, 1.82) is 0 Å². The van der Waals surface area contributed by atoms with Gasteiger partial charge in [-0.15, -0.1) is 0 Å². The molecule has 1 unspecified atom stereocenters. The Labute approximate surface area is 172 Å². The summed E-state index contributed by atoms with van der Waals surface area (Å²) in [4.78, 5) is 15.4. The van der Waals surface area contributed by atoms with Crippen LogP contribution in [-0.2, 0) is 10.0 Å². The molecule has 7 heteroatoms. The fraction of sp³-hybridized carbons (Fsp3) is 0.409. The van der Waals surface area contributed by atoms with E-state index in [-0.39, 0.29) is 16.8 Å². The Morgan fingerprint density at radius 3 is 2.62 bits per heavy atom. The van der Waals surface area contributed by atoms with Crippen molar-refractivity contribution < 1.29 is 13.2 Å². The molecule has 154 valence electrons. The van der Waals surface area contributed by atoms with Gasteiger partial charge in [0.05, 0.1) is 4.90 Å². The molecule has 2 N–H and O–H groups in total. The SMILES string of the molecule is Cc1ccc(C)c(S(=O)(=O)Nc2cccc(C(=O)NC3CCN(C4CC4)C3)c2)c1. The van der Waals surface area contributed by atoms with Gasteiger partial charge in [-0.3, -0.25) is 14.4 Å². The van der Waals surface area contributed by atoms with Gasteiger partial charge < -0.3 is 5.32 Å². The van der Waals surface area contributed by atoms with Crippen LogP contribution in [0.4, 0.5) is 5.69 Å². The van der Waals surface area contributed by atoms with Crippen molar-refractivity contribution in [2.45, 2.75) is 50.1 Å². The molecule has 2 aromatic carbocycles. The number of likely N-dealkylation sites (tertiary alicyclic amines) is 1. The highest BCUT2D eigenvalue weighted by Crippen LogP contribution is 2.30.